The molecule has 0 aliphatic rings. The maximum absolute atomic E-state index is 13.9. The normalized spacial score (nSPS) is 12.9. The second kappa shape index (κ2) is 26.6. The Balaban J connectivity index is 1.81. The summed E-state index contributed by atoms with van der Waals surface area (Å²) < 4.78 is 5.16. The zero-order valence-corrected chi connectivity index (χ0v) is 37.9. The summed E-state index contributed by atoms with van der Waals surface area (Å²) in [6.45, 7) is 3.17. The molecule has 0 saturated heterocycles. The van der Waals surface area contributed by atoms with Crippen molar-refractivity contribution in [3.63, 3.8) is 0 Å². The molecule has 3 rings (SSSR count). The minimum atomic E-state index is -1.74. The van der Waals surface area contributed by atoms with Crippen molar-refractivity contribution in [2.45, 2.75) is 89.7 Å². The summed E-state index contributed by atoms with van der Waals surface area (Å²) in [6.07, 6.45) is -2.62. The first kappa shape index (κ1) is 54.9. The predicted molar refractivity (Wildman–Crippen MR) is 245 cm³/mol. The second-order valence-electron chi connectivity index (χ2n) is 15.9. The first-order valence-electron chi connectivity index (χ1n) is 21.3. The van der Waals surface area contributed by atoms with Crippen LogP contribution in [0.1, 0.15) is 56.7 Å². The first-order valence-corrected chi connectivity index (χ1v) is 21.3. The largest absolute Gasteiger partial charge is 0.507 e. The minimum Gasteiger partial charge on any atom is -0.507 e. The number of ether oxygens (including phenoxy) is 1. The van der Waals surface area contributed by atoms with Gasteiger partial charge >= 0.3 is 24.0 Å². The molecule has 69 heavy (non-hydrogen) atoms. The maximum atomic E-state index is 13.9. The number of hydrogen-bond donors (Lipinski definition) is 13. The van der Waals surface area contributed by atoms with Gasteiger partial charge in [0.05, 0.1) is 13.0 Å². The number of guanidine groups is 1. The number of carboxylic acid groups (broad SMARTS) is 3. The fourth-order valence-corrected chi connectivity index (χ4v) is 6.65. The zero-order valence-electron chi connectivity index (χ0n) is 37.9. The molecular weight excluding hydrogens is 907 g/mol. The number of aliphatic carboxylic acids is 3. The Bertz CT molecular complexity index is 2370. The zero-order chi connectivity index (χ0) is 51.4. The van der Waals surface area contributed by atoms with E-state index in [0.717, 1.165) is 6.92 Å². The predicted octanol–water partition coefficient (Wildman–Crippen LogP) is -0.426. The van der Waals surface area contributed by atoms with Crippen molar-refractivity contribution < 1.29 is 73.4 Å². The molecule has 0 aliphatic heterocycles. The van der Waals surface area contributed by atoms with E-state index >= 15 is 0 Å². The third-order valence-electron chi connectivity index (χ3n) is 10.1. The quantitative estimate of drug-likeness (QED) is 0.0276. The van der Waals surface area contributed by atoms with Crippen LogP contribution in [0.3, 0.4) is 0 Å². The van der Waals surface area contributed by atoms with Gasteiger partial charge in [-0.3, -0.25) is 33.8 Å². The number of nitrogens with one attached hydrogen (secondary N) is 6. The van der Waals surface area contributed by atoms with Crippen LogP contribution in [0.5, 0.6) is 11.5 Å². The van der Waals surface area contributed by atoms with Crippen LogP contribution in [0.15, 0.2) is 71.7 Å². The number of hydrogen-bond acceptors (Lipinski definition) is 13. The van der Waals surface area contributed by atoms with Crippen molar-refractivity contribution in [1.82, 2.24) is 31.9 Å². The van der Waals surface area contributed by atoms with E-state index in [2.05, 4.69) is 36.9 Å². The number of para-hydroxylation sites is 1. The van der Waals surface area contributed by atoms with E-state index in [4.69, 9.17) is 16.2 Å². The molecule has 6 amide bonds. The first-order chi connectivity index (χ1) is 32.6. The highest BCUT2D eigenvalue weighted by Crippen LogP contribution is 2.38. The van der Waals surface area contributed by atoms with Gasteiger partial charge in [-0.15, -0.1) is 0 Å². The Morgan fingerprint density at radius 3 is 1.97 bits per heavy atom. The molecule has 0 bridgehead atoms. The number of nitrogens with zero attached hydrogens (tertiary/aromatic N) is 1. The highest BCUT2D eigenvalue weighted by Gasteiger charge is 2.32. The Hall–Kier alpha value is -8.44. The van der Waals surface area contributed by atoms with Gasteiger partial charge in [0.15, 0.2) is 5.96 Å². The molecule has 0 heterocycles. The summed E-state index contributed by atoms with van der Waals surface area (Å²) in [5.74, 6) is -10.6. The topological polar surface area (TPSA) is 401 Å². The van der Waals surface area contributed by atoms with E-state index in [0.29, 0.717) is 11.1 Å². The van der Waals surface area contributed by atoms with E-state index in [1.165, 1.54) is 50.2 Å². The van der Waals surface area contributed by atoms with Crippen LogP contribution in [-0.4, -0.2) is 128 Å². The fraction of sp³-hybridized carbons (Fsp3) is 0.378. The summed E-state index contributed by atoms with van der Waals surface area (Å²) in [4.78, 5) is 117. The third kappa shape index (κ3) is 18.4. The standard InChI is InChI=1S/C45H57N9O15/c1-23(2)37(43(66)67)54-41(63)32(20-36(58)59)51-35(57)21-49-39(61)30(13-8-16-48-44(46)47)52-40(62)31(50-24(3)55)19-27-11-7-12-28(38(27)60)29-17-26(14-15-34(29)56)18-33(42(64)65)53-45(68)69-22-25-9-5-4-6-10-25/h4-7,9-12,14-15,17,23,30-33,37,56,60H,8,13,16,18-22H2,1-3H3,(H,49,61)(H,50,55)(H,51,57)(H,52,62)(H,53,68)(H,54,63)(H,58,59)(H,64,65)(H,66,67)(H4,46,47,48)/t30-,31?,32-,33?,37-/m0/s1. The number of rotatable bonds is 26. The molecule has 24 heteroatoms. The summed E-state index contributed by atoms with van der Waals surface area (Å²) in [7, 11) is 0. The van der Waals surface area contributed by atoms with Crippen LogP contribution < -0.4 is 43.4 Å². The van der Waals surface area contributed by atoms with Gasteiger partial charge in [0.2, 0.25) is 29.5 Å². The number of carboxylic acids is 3. The van der Waals surface area contributed by atoms with Crippen LogP contribution in [0.4, 0.5) is 4.79 Å². The second-order valence-corrected chi connectivity index (χ2v) is 15.9. The maximum Gasteiger partial charge on any atom is 0.408 e. The molecule has 24 nitrogen and oxygen atoms in total. The number of nitrogens with two attached hydrogens (primary N) is 2. The van der Waals surface area contributed by atoms with Crippen LogP contribution in [0, 0.1) is 5.92 Å². The van der Waals surface area contributed by atoms with E-state index in [1.807, 2.05) is 0 Å². The SMILES string of the molecule is CC(=O)NC(Cc1cccc(-c2cc(CC(NC(=O)OCc3ccccc3)C(=O)O)ccc2O)c1O)C(=O)N[C@@H](CCCN=C(N)N)C(=O)NCC(=O)N[C@@H](CC(=O)O)C(=O)N[C@H](C(=O)O)C(C)C. The molecule has 0 fully saturated rings. The average molecular weight is 964 g/mol. The molecule has 2 unspecified atom stereocenters. The highest BCUT2D eigenvalue weighted by molar-refractivity contribution is 5.96. The number of carbonyl (C=O) groups excluding carboxylic acids is 6. The van der Waals surface area contributed by atoms with E-state index in [-0.39, 0.29) is 67.2 Å². The number of aliphatic imine (C=N–C) groups is 1. The number of carbonyl (C=O) groups is 9. The Morgan fingerprint density at radius 2 is 1.36 bits per heavy atom. The molecule has 0 spiro atoms. The van der Waals surface area contributed by atoms with E-state index in [9.17, 15) is 68.7 Å². The van der Waals surface area contributed by atoms with Gasteiger partial charge < -0.3 is 73.6 Å². The molecular formula is C45H57N9O15. The van der Waals surface area contributed by atoms with Crippen molar-refractivity contribution in [2.75, 3.05) is 13.1 Å². The van der Waals surface area contributed by atoms with Crippen molar-refractivity contribution in [3.05, 3.63) is 83.4 Å². The van der Waals surface area contributed by atoms with Gasteiger partial charge in [-0.2, -0.15) is 0 Å². The van der Waals surface area contributed by atoms with E-state index in [1.54, 1.807) is 30.3 Å². The van der Waals surface area contributed by atoms with Crippen LogP contribution in [0.2, 0.25) is 0 Å². The van der Waals surface area contributed by atoms with Gasteiger partial charge in [-0.1, -0.05) is 68.4 Å². The molecule has 3 aromatic carbocycles. The fourth-order valence-electron chi connectivity index (χ4n) is 6.65. The molecule has 0 aromatic heterocycles. The van der Waals surface area contributed by atoms with Gasteiger partial charge in [-0.25, -0.2) is 14.4 Å². The number of amides is 6. The number of benzene rings is 3. The van der Waals surface area contributed by atoms with Crippen LogP contribution >= 0.6 is 0 Å². The van der Waals surface area contributed by atoms with Crippen molar-refractivity contribution in [1.29, 1.82) is 0 Å². The molecule has 0 radical (unpaired) electrons. The third-order valence-corrected chi connectivity index (χ3v) is 10.1. The van der Waals surface area contributed by atoms with Gasteiger partial charge in [-0.05, 0) is 47.6 Å². The average Bonchev–Trinajstić information content (AvgIpc) is 3.27. The highest BCUT2D eigenvalue weighted by atomic mass is 16.5. The minimum absolute atomic E-state index is 0.000764. The lowest BCUT2D eigenvalue weighted by molar-refractivity contribution is -0.144. The lowest BCUT2D eigenvalue weighted by Crippen LogP contribution is -2.56. The van der Waals surface area contributed by atoms with Gasteiger partial charge in [0.1, 0.15) is 48.3 Å². The van der Waals surface area contributed by atoms with Crippen LogP contribution in [0.25, 0.3) is 11.1 Å². The molecule has 15 N–H and O–H groups in total. The monoisotopic (exact) mass is 963 g/mol. The molecule has 0 saturated carbocycles. The summed E-state index contributed by atoms with van der Waals surface area (Å²) >= 11 is 0. The van der Waals surface area contributed by atoms with Gasteiger partial charge in [0.25, 0.3) is 0 Å². The summed E-state index contributed by atoms with van der Waals surface area (Å²) in [5.41, 5.74) is 12.0. The number of phenols is 2. The number of phenolic OH excluding ortho intramolecular Hbond substituents is 2. The Labute approximate surface area is 395 Å². The molecule has 0 aliphatic carbocycles. The van der Waals surface area contributed by atoms with Crippen molar-refractivity contribution >= 4 is 59.5 Å². The number of alkyl carbamates (subject to hydrolysis) is 1. The molecule has 3 aromatic rings. The summed E-state index contributed by atoms with van der Waals surface area (Å²) in [6, 6.07) is 9.63. The van der Waals surface area contributed by atoms with Crippen molar-refractivity contribution in [2.24, 2.45) is 22.4 Å². The Kier molecular flexibility index (Phi) is 21.2. The van der Waals surface area contributed by atoms with Gasteiger partial charge in [0, 0.05) is 37.4 Å². The smallest absolute Gasteiger partial charge is 0.408 e. The molecule has 372 valence electrons. The van der Waals surface area contributed by atoms with Crippen LogP contribution in [-0.2, 0) is 62.5 Å². The summed E-state index contributed by atoms with van der Waals surface area (Å²) in [5, 5.41) is 65.0. The lowest BCUT2D eigenvalue weighted by atomic mass is 9.94. The number of aromatic hydroxyl groups is 2. The van der Waals surface area contributed by atoms with Crippen molar-refractivity contribution in [3.8, 4) is 22.6 Å². The van der Waals surface area contributed by atoms with E-state index < -0.39 is 108 Å². The Morgan fingerprint density at radius 1 is 0.681 bits per heavy atom. The lowest BCUT2D eigenvalue weighted by Gasteiger charge is -2.24. The molecule has 5 atom stereocenters.